The minimum atomic E-state index is -0.392. The number of alkyl carbamates (subject to hydrolysis) is 1. The fraction of sp³-hybridized carbons (Fsp3) is 0.368. The number of benzene rings is 1. The number of ether oxygens (including phenoxy) is 1. The van der Waals surface area contributed by atoms with E-state index in [1.54, 1.807) is 0 Å². The number of carbonyl (C=O) groups is 1. The second kappa shape index (κ2) is 8.30. The van der Waals surface area contributed by atoms with Gasteiger partial charge in [0.15, 0.2) is 0 Å². The van der Waals surface area contributed by atoms with E-state index in [1.807, 2.05) is 36.4 Å². The highest BCUT2D eigenvalue weighted by Gasteiger charge is 2.26. The van der Waals surface area contributed by atoms with Crippen LogP contribution >= 0.6 is 0 Å². The van der Waals surface area contributed by atoms with Crippen molar-refractivity contribution in [2.24, 2.45) is 0 Å². The van der Waals surface area contributed by atoms with Gasteiger partial charge in [-0.15, -0.1) is 0 Å². The number of amides is 1. The van der Waals surface area contributed by atoms with Crippen LogP contribution in [0.4, 0.5) is 10.6 Å². The maximum Gasteiger partial charge on any atom is 0.407 e. The Balaban J connectivity index is 1.45. The Morgan fingerprint density at radius 3 is 2.65 bits per heavy atom. The molecule has 0 unspecified atom stereocenters. The fourth-order valence-corrected chi connectivity index (χ4v) is 3.12. The zero-order chi connectivity index (χ0) is 18.4. The number of aromatic nitrogens is 2. The van der Waals surface area contributed by atoms with Crippen molar-refractivity contribution in [3.05, 3.63) is 53.5 Å². The number of rotatable bonds is 4. The van der Waals surface area contributed by atoms with Crippen LogP contribution in [0.25, 0.3) is 0 Å². The molecule has 26 heavy (non-hydrogen) atoms. The summed E-state index contributed by atoms with van der Waals surface area (Å²) in [5, 5.41) is 11.8. The predicted molar refractivity (Wildman–Crippen MR) is 95.9 cm³/mol. The SMILES string of the molecule is N#Cc1cnc(C2CCC(NC(=O)OCc3ccccc3)CC2)nc1N. The number of hydrogen-bond donors (Lipinski definition) is 2. The van der Waals surface area contributed by atoms with Crippen LogP contribution in [-0.4, -0.2) is 22.1 Å². The van der Waals surface area contributed by atoms with Crippen molar-refractivity contribution in [1.29, 1.82) is 5.26 Å². The summed E-state index contributed by atoms with van der Waals surface area (Å²) in [5.74, 6) is 1.09. The Hall–Kier alpha value is -3.14. The van der Waals surface area contributed by atoms with Crippen LogP contribution in [0.5, 0.6) is 0 Å². The molecular weight excluding hydrogens is 330 g/mol. The molecule has 0 bridgehead atoms. The number of nitrogens with one attached hydrogen (secondary N) is 1. The minimum Gasteiger partial charge on any atom is -0.445 e. The molecule has 2 aromatic rings. The Bertz CT molecular complexity index is 795. The Morgan fingerprint density at radius 2 is 2.00 bits per heavy atom. The van der Waals surface area contributed by atoms with Crippen molar-refractivity contribution < 1.29 is 9.53 Å². The molecule has 7 nitrogen and oxygen atoms in total. The van der Waals surface area contributed by atoms with Crippen molar-refractivity contribution >= 4 is 11.9 Å². The third-order valence-corrected chi connectivity index (χ3v) is 4.58. The lowest BCUT2D eigenvalue weighted by Gasteiger charge is -2.28. The molecule has 1 saturated carbocycles. The van der Waals surface area contributed by atoms with E-state index < -0.39 is 6.09 Å². The van der Waals surface area contributed by atoms with Crippen LogP contribution in [0.2, 0.25) is 0 Å². The molecule has 0 aliphatic heterocycles. The molecule has 1 aromatic carbocycles. The molecule has 0 spiro atoms. The largest absolute Gasteiger partial charge is 0.445 e. The molecule has 1 amide bonds. The van der Waals surface area contributed by atoms with Gasteiger partial charge < -0.3 is 15.8 Å². The van der Waals surface area contributed by atoms with E-state index in [0.29, 0.717) is 11.4 Å². The first-order valence-electron chi connectivity index (χ1n) is 8.65. The van der Waals surface area contributed by atoms with Gasteiger partial charge in [0.2, 0.25) is 0 Å². The number of anilines is 1. The number of nitriles is 1. The molecule has 3 rings (SSSR count). The quantitative estimate of drug-likeness (QED) is 0.875. The van der Waals surface area contributed by atoms with Crippen LogP contribution in [0.1, 0.15) is 48.6 Å². The van der Waals surface area contributed by atoms with Crippen LogP contribution in [0.15, 0.2) is 36.5 Å². The van der Waals surface area contributed by atoms with E-state index in [-0.39, 0.29) is 24.4 Å². The number of hydrogen-bond acceptors (Lipinski definition) is 6. The summed E-state index contributed by atoms with van der Waals surface area (Å²) in [5.41, 5.74) is 7.02. The lowest BCUT2D eigenvalue weighted by molar-refractivity contribution is 0.132. The highest BCUT2D eigenvalue weighted by molar-refractivity contribution is 5.67. The highest BCUT2D eigenvalue weighted by atomic mass is 16.5. The molecule has 134 valence electrons. The van der Waals surface area contributed by atoms with Gasteiger partial charge in [-0.05, 0) is 31.2 Å². The molecule has 1 fully saturated rings. The normalized spacial score (nSPS) is 19.3. The first-order chi connectivity index (χ1) is 12.7. The zero-order valence-electron chi connectivity index (χ0n) is 14.4. The average molecular weight is 351 g/mol. The molecule has 0 atom stereocenters. The first-order valence-corrected chi connectivity index (χ1v) is 8.65. The van der Waals surface area contributed by atoms with E-state index in [2.05, 4.69) is 15.3 Å². The summed E-state index contributed by atoms with van der Waals surface area (Å²) >= 11 is 0. The molecule has 3 N–H and O–H groups in total. The summed E-state index contributed by atoms with van der Waals surface area (Å²) in [6.07, 6.45) is 4.45. The van der Waals surface area contributed by atoms with Crippen molar-refractivity contribution in [2.75, 3.05) is 5.73 Å². The Kier molecular flexibility index (Phi) is 5.64. The molecular formula is C19H21N5O2. The van der Waals surface area contributed by atoms with Crippen molar-refractivity contribution in [2.45, 2.75) is 44.2 Å². The van der Waals surface area contributed by atoms with Gasteiger partial charge in [-0.3, -0.25) is 0 Å². The van der Waals surface area contributed by atoms with Crippen molar-refractivity contribution in [1.82, 2.24) is 15.3 Å². The lowest BCUT2D eigenvalue weighted by Crippen LogP contribution is -2.37. The maximum atomic E-state index is 11.9. The molecule has 1 aliphatic carbocycles. The maximum absolute atomic E-state index is 11.9. The van der Waals surface area contributed by atoms with Gasteiger partial charge in [-0.1, -0.05) is 30.3 Å². The smallest absolute Gasteiger partial charge is 0.407 e. The fourth-order valence-electron chi connectivity index (χ4n) is 3.12. The van der Waals surface area contributed by atoms with Crippen molar-refractivity contribution in [3.63, 3.8) is 0 Å². The van der Waals surface area contributed by atoms with Gasteiger partial charge in [-0.2, -0.15) is 5.26 Å². The Morgan fingerprint density at radius 1 is 1.27 bits per heavy atom. The number of nitrogen functional groups attached to an aromatic ring is 1. The van der Waals surface area contributed by atoms with Gasteiger partial charge in [0.05, 0.1) is 6.20 Å². The lowest BCUT2D eigenvalue weighted by atomic mass is 9.85. The van der Waals surface area contributed by atoms with E-state index in [0.717, 1.165) is 31.2 Å². The molecule has 1 aliphatic rings. The van der Waals surface area contributed by atoms with E-state index >= 15 is 0 Å². The summed E-state index contributed by atoms with van der Waals surface area (Å²) in [6, 6.07) is 11.6. The Labute approximate surface area is 152 Å². The number of carbonyl (C=O) groups excluding carboxylic acids is 1. The first kappa shape index (κ1) is 17.7. The number of nitrogens with zero attached hydrogens (tertiary/aromatic N) is 3. The zero-order valence-corrected chi connectivity index (χ0v) is 14.4. The molecule has 1 heterocycles. The third-order valence-electron chi connectivity index (χ3n) is 4.58. The third kappa shape index (κ3) is 4.48. The van der Waals surface area contributed by atoms with E-state index in [1.165, 1.54) is 6.20 Å². The summed E-state index contributed by atoms with van der Waals surface area (Å²) < 4.78 is 5.26. The monoisotopic (exact) mass is 351 g/mol. The summed E-state index contributed by atoms with van der Waals surface area (Å²) in [6.45, 7) is 0.264. The van der Waals surface area contributed by atoms with Gasteiger partial charge in [-0.25, -0.2) is 14.8 Å². The molecule has 1 aromatic heterocycles. The molecule has 7 heteroatoms. The van der Waals surface area contributed by atoms with Crippen LogP contribution in [0.3, 0.4) is 0 Å². The summed E-state index contributed by atoms with van der Waals surface area (Å²) in [4.78, 5) is 20.5. The van der Waals surface area contributed by atoms with Crippen LogP contribution in [-0.2, 0) is 11.3 Å². The number of nitrogens with two attached hydrogens (primary N) is 1. The van der Waals surface area contributed by atoms with Gasteiger partial charge >= 0.3 is 6.09 Å². The van der Waals surface area contributed by atoms with Crippen LogP contribution in [0, 0.1) is 11.3 Å². The van der Waals surface area contributed by atoms with E-state index in [4.69, 9.17) is 15.7 Å². The second-order valence-corrected chi connectivity index (χ2v) is 6.39. The second-order valence-electron chi connectivity index (χ2n) is 6.39. The van der Waals surface area contributed by atoms with Crippen LogP contribution < -0.4 is 11.1 Å². The average Bonchev–Trinajstić information content (AvgIpc) is 2.68. The topological polar surface area (TPSA) is 114 Å². The highest BCUT2D eigenvalue weighted by Crippen LogP contribution is 2.31. The predicted octanol–water partition coefficient (Wildman–Crippen LogP) is 2.88. The van der Waals surface area contributed by atoms with Gasteiger partial charge in [0.25, 0.3) is 0 Å². The minimum absolute atomic E-state index is 0.0882. The molecule has 0 saturated heterocycles. The standard InChI is InChI=1S/C19H21N5O2/c20-10-15-11-22-18(24-17(15)21)14-6-8-16(9-7-14)23-19(25)26-12-13-4-2-1-3-5-13/h1-5,11,14,16H,6-9,12H2,(H,23,25)(H2,21,22,24). The summed E-state index contributed by atoms with van der Waals surface area (Å²) in [7, 11) is 0. The van der Waals surface area contributed by atoms with Gasteiger partial charge in [0, 0.05) is 12.0 Å². The molecule has 0 radical (unpaired) electrons. The van der Waals surface area contributed by atoms with Gasteiger partial charge in [0.1, 0.15) is 29.9 Å². The van der Waals surface area contributed by atoms with E-state index in [9.17, 15) is 4.79 Å². The van der Waals surface area contributed by atoms with Crippen molar-refractivity contribution in [3.8, 4) is 6.07 Å².